The summed E-state index contributed by atoms with van der Waals surface area (Å²) in [6.45, 7) is 6.55. The van der Waals surface area contributed by atoms with E-state index in [9.17, 15) is 4.79 Å². The third-order valence-corrected chi connectivity index (χ3v) is 2.99. The van der Waals surface area contributed by atoms with Gasteiger partial charge in [0.15, 0.2) is 0 Å². The summed E-state index contributed by atoms with van der Waals surface area (Å²) in [4.78, 5) is 13.8. The van der Waals surface area contributed by atoms with Crippen molar-refractivity contribution in [3.63, 3.8) is 0 Å². The molecule has 0 bridgehead atoms. The molecule has 0 fully saturated rings. The highest BCUT2D eigenvalue weighted by atomic mass is 35.5. The van der Waals surface area contributed by atoms with Gasteiger partial charge in [-0.15, -0.1) is 0 Å². The number of nitrogens with zero attached hydrogens (tertiary/aromatic N) is 1. The highest BCUT2D eigenvalue weighted by molar-refractivity contribution is 6.51. The monoisotopic (exact) mass is 267 g/mol. The van der Waals surface area contributed by atoms with Gasteiger partial charge >= 0.3 is 5.91 Å². The quantitative estimate of drug-likeness (QED) is 0.421. The van der Waals surface area contributed by atoms with Crippen molar-refractivity contribution in [3.05, 3.63) is 43.1 Å². The molecule has 1 rings (SSSR count). The molecule has 1 amide bonds. The summed E-state index contributed by atoms with van der Waals surface area (Å²) in [6, 6.07) is 1.27. The van der Waals surface area contributed by atoms with Crippen molar-refractivity contribution < 1.29 is 4.79 Å². The second kappa shape index (κ2) is 4.37. The summed E-state index contributed by atoms with van der Waals surface area (Å²) < 4.78 is 0. The molecule has 1 aromatic rings. The van der Waals surface area contributed by atoms with Crippen molar-refractivity contribution in [2.24, 2.45) is 0 Å². The zero-order valence-electron chi connectivity index (χ0n) is 6.44. The lowest BCUT2D eigenvalue weighted by Crippen LogP contribution is -1.95. The molecule has 0 aromatic heterocycles. The number of hydrogen-bond acceptors (Lipinski definition) is 1. The smallest absolute Gasteiger partial charge is 0.310 e. The Morgan fingerprint density at radius 1 is 1.14 bits per heavy atom. The molecule has 0 N–H and O–H groups in total. The van der Waals surface area contributed by atoms with Crippen molar-refractivity contribution in [1.82, 2.24) is 0 Å². The standard InChI is InChI=1S/C8HCl4NO/c1-13-8(14)5-3(9)2-4(10)6(11)7(5)12/h2H. The lowest BCUT2D eigenvalue weighted by molar-refractivity contribution is 0.104. The Bertz CT molecular complexity index is 450. The van der Waals surface area contributed by atoms with Crippen LogP contribution in [-0.4, -0.2) is 5.91 Å². The third-order valence-electron chi connectivity index (χ3n) is 1.43. The predicted octanol–water partition coefficient (Wildman–Crippen LogP) is 4.36. The molecule has 0 radical (unpaired) electrons. The van der Waals surface area contributed by atoms with E-state index in [1.54, 1.807) is 0 Å². The van der Waals surface area contributed by atoms with Gasteiger partial charge in [-0.1, -0.05) is 46.4 Å². The second-order valence-corrected chi connectivity index (χ2v) is 3.83. The highest BCUT2D eigenvalue weighted by Crippen LogP contribution is 2.37. The lowest BCUT2D eigenvalue weighted by atomic mass is 10.2. The summed E-state index contributed by atoms with van der Waals surface area (Å²) in [5.41, 5.74) is -0.113. The summed E-state index contributed by atoms with van der Waals surface area (Å²) in [5, 5.41) is 0.0866. The first-order chi connectivity index (χ1) is 6.49. The normalized spacial score (nSPS) is 9.64. The predicted molar refractivity (Wildman–Crippen MR) is 57.4 cm³/mol. The molecule has 0 unspecified atom stereocenters. The Morgan fingerprint density at radius 2 is 1.71 bits per heavy atom. The SMILES string of the molecule is [C-]#[N+]C(=O)c1c(Cl)cc(Cl)c(Cl)c1Cl. The lowest BCUT2D eigenvalue weighted by Gasteiger charge is -2.05. The maximum absolute atomic E-state index is 11.1. The van der Waals surface area contributed by atoms with Crippen LogP contribution in [0.2, 0.25) is 20.1 Å². The Hall–Kier alpha value is -0.460. The van der Waals surface area contributed by atoms with Gasteiger partial charge in [-0.3, -0.25) is 0 Å². The van der Waals surface area contributed by atoms with E-state index in [2.05, 4.69) is 4.85 Å². The Balaban J connectivity index is 3.54. The number of carbonyl (C=O) groups is 1. The number of carbonyl (C=O) groups excluding carboxylic acids is 1. The van der Waals surface area contributed by atoms with Gasteiger partial charge in [0.2, 0.25) is 0 Å². The molecule has 6 heteroatoms. The summed E-state index contributed by atoms with van der Waals surface area (Å²) in [6.07, 6.45) is 0. The van der Waals surface area contributed by atoms with E-state index >= 15 is 0 Å². The van der Waals surface area contributed by atoms with Crippen LogP contribution >= 0.6 is 46.4 Å². The molecule has 0 aliphatic rings. The third kappa shape index (κ3) is 1.97. The van der Waals surface area contributed by atoms with Gasteiger partial charge in [-0.2, -0.15) is 4.85 Å². The van der Waals surface area contributed by atoms with E-state index in [0.717, 1.165) is 0 Å². The summed E-state index contributed by atoms with van der Waals surface area (Å²) >= 11 is 22.7. The van der Waals surface area contributed by atoms with Gasteiger partial charge in [0.1, 0.15) is 0 Å². The minimum atomic E-state index is -0.862. The minimum Gasteiger partial charge on any atom is -0.310 e. The maximum Gasteiger partial charge on any atom is 0.388 e. The molecule has 0 aliphatic heterocycles. The van der Waals surface area contributed by atoms with Gasteiger partial charge < -0.3 is 4.79 Å². The van der Waals surface area contributed by atoms with Crippen molar-refractivity contribution >= 4 is 52.3 Å². The van der Waals surface area contributed by atoms with Crippen molar-refractivity contribution in [3.8, 4) is 0 Å². The molecule has 72 valence electrons. The number of halogens is 4. The molecule has 2 nitrogen and oxygen atoms in total. The van der Waals surface area contributed by atoms with Crippen LogP contribution in [0.5, 0.6) is 0 Å². The number of benzene rings is 1. The van der Waals surface area contributed by atoms with Gasteiger partial charge in [0.25, 0.3) is 0 Å². The molecule has 0 atom stereocenters. The zero-order valence-corrected chi connectivity index (χ0v) is 9.47. The second-order valence-electron chi connectivity index (χ2n) is 2.26. The number of hydrogen-bond donors (Lipinski definition) is 0. The minimum absolute atomic E-state index is 0.0183. The van der Waals surface area contributed by atoms with Crippen molar-refractivity contribution in [2.75, 3.05) is 0 Å². The maximum atomic E-state index is 11.1. The number of rotatable bonds is 1. The van der Waals surface area contributed by atoms with Gasteiger partial charge in [0, 0.05) is 5.02 Å². The summed E-state index contributed by atoms with van der Waals surface area (Å²) in [7, 11) is 0. The molecule has 0 spiro atoms. The van der Waals surface area contributed by atoms with Crippen LogP contribution in [0.4, 0.5) is 0 Å². The van der Waals surface area contributed by atoms with Crippen LogP contribution in [0.3, 0.4) is 0 Å². The van der Waals surface area contributed by atoms with Crippen LogP contribution in [0.1, 0.15) is 10.4 Å². The Morgan fingerprint density at radius 3 is 2.21 bits per heavy atom. The average Bonchev–Trinajstić information content (AvgIpc) is 2.14. The molecule has 1 aromatic carbocycles. The fourth-order valence-electron chi connectivity index (χ4n) is 0.818. The average molecular weight is 269 g/mol. The molecular formula is C8HCl4NO. The van der Waals surface area contributed by atoms with E-state index in [1.807, 2.05) is 0 Å². The van der Waals surface area contributed by atoms with Gasteiger partial charge in [-0.25, -0.2) is 0 Å². The topological polar surface area (TPSA) is 21.4 Å². The first-order valence-electron chi connectivity index (χ1n) is 3.23. The van der Waals surface area contributed by atoms with Gasteiger partial charge in [-0.05, 0) is 6.07 Å². The Labute approximate surface area is 100 Å². The van der Waals surface area contributed by atoms with Crippen LogP contribution in [0, 0.1) is 6.57 Å². The van der Waals surface area contributed by atoms with E-state index in [0.29, 0.717) is 0 Å². The van der Waals surface area contributed by atoms with E-state index in [-0.39, 0.29) is 25.7 Å². The van der Waals surface area contributed by atoms with Crippen LogP contribution < -0.4 is 0 Å². The van der Waals surface area contributed by atoms with Crippen molar-refractivity contribution in [2.45, 2.75) is 0 Å². The first-order valence-corrected chi connectivity index (χ1v) is 4.75. The molecule has 14 heavy (non-hydrogen) atoms. The molecule has 0 aliphatic carbocycles. The van der Waals surface area contributed by atoms with E-state index in [1.165, 1.54) is 6.07 Å². The van der Waals surface area contributed by atoms with Crippen molar-refractivity contribution in [1.29, 1.82) is 0 Å². The van der Waals surface area contributed by atoms with E-state index in [4.69, 9.17) is 53.0 Å². The van der Waals surface area contributed by atoms with E-state index < -0.39 is 5.91 Å². The zero-order chi connectivity index (χ0) is 10.9. The summed E-state index contributed by atoms with van der Waals surface area (Å²) in [5.74, 6) is -0.862. The van der Waals surface area contributed by atoms with Gasteiger partial charge in [0.05, 0.1) is 27.2 Å². The Kier molecular flexibility index (Phi) is 3.63. The van der Waals surface area contributed by atoms with Crippen LogP contribution in [0.25, 0.3) is 4.85 Å². The molecule has 0 saturated carbocycles. The molecule has 0 heterocycles. The molecular weight excluding hydrogens is 268 g/mol. The first kappa shape index (κ1) is 11.6. The fourth-order valence-corrected chi connectivity index (χ4v) is 1.89. The highest BCUT2D eigenvalue weighted by Gasteiger charge is 2.19. The largest absolute Gasteiger partial charge is 0.388 e. The molecule has 0 saturated heterocycles. The number of amides is 1. The van der Waals surface area contributed by atoms with Crippen LogP contribution in [-0.2, 0) is 0 Å². The van der Waals surface area contributed by atoms with Crippen LogP contribution in [0.15, 0.2) is 6.07 Å². The fraction of sp³-hybridized carbons (Fsp3) is 0.